The number of halogens is 1. The number of benzene rings is 1. The van der Waals surface area contributed by atoms with Gasteiger partial charge in [0.1, 0.15) is 0 Å². The molecule has 1 aromatic carbocycles. The molecule has 0 unspecified atom stereocenters. The summed E-state index contributed by atoms with van der Waals surface area (Å²) in [6, 6.07) is 13.5. The fourth-order valence-corrected chi connectivity index (χ4v) is 4.64. The smallest absolute Gasteiger partial charge is 0.312 e. The largest absolute Gasteiger partial charge is 0.364 e. The molecule has 3 aromatic heterocycles. The molecule has 0 spiro atoms. The third-order valence-electron chi connectivity index (χ3n) is 4.42. The van der Waals surface area contributed by atoms with Gasteiger partial charge in [-0.1, -0.05) is 30.3 Å². The van der Waals surface area contributed by atoms with Crippen LogP contribution in [0.2, 0.25) is 0 Å². The minimum atomic E-state index is -3.50. The van der Waals surface area contributed by atoms with Crippen molar-refractivity contribution in [3.05, 3.63) is 70.2 Å². The minimum Gasteiger partial charge on any atom is -0.364 e. The molecule has 8 nitrogen and oxygen atoms in total. The Hall–Kier alpha value is -2.89. The summed E-state index contributed by atoms with van der Waals surface area (Å²) in [7, 11) is -3.50. The van der Waals surface area contributed by atoms with E-state index >= 15 is 0 Å². The number of aryl methyl sites for hydroxylation is 1. The highest BCUT2D eigenvalue weighted by molar-refractivity contribution is 7.89. The number of rotatable bonds is 8. The van der Waals surface area contributed by atoms with Gasteiger partial charge in [-0.05, 0) is 24.1 Å². The van der Waals surface area contributed by atoms with Crippen LogP contribution < -0.4 is 10.5 Å². The number of sulfonamides is 1. The van der Waals surface area contributed by atoms with Gasteiger partial charge in [0.15, 0.2) is 17.0 Å². The molecule has 156 valence electrons. The fourth-order valence-electron chi connectivity index (χ4n) is 2.99. The van der Waals surface area contributed by atoms with Crippen molar-refractivity contribution in [2.75, 3.05) is 11.1 Å². The van der Waals surface area contributed by atoms with E-state index in [0.29, 0.717) is 36.5 Å². The molecule has 11 heteroatoms. The maximum Gasteiger partial charge on any atom is 0.312 e. The molecule has 3 N–H and O–H groups in total. The number of imidazole rings is 1. The van der Waals surface area contributed by atoms with E-state index in [-0.39, 0.29) is 5.75 Å². The van der Waals surface area contributed by atoms with Gasteiger partial charge in [-0.3, -0.25) is 0 Å². The second-order valence-corrected chi connectivity index (χ2v) is 9.70. The molecular formula is C19H19FN6O2S2. The number of primary sulfonamides is 1. The van der Waals surface area contributed by atoms with Crippen LogP contribution in [0.25, 0.3) is 11.2 Å². The molecule has 0 aliphatic carbocycles. The molecule has 4 rings (SSSR count). The number of nitrogens with two attached hydrogens (primary N) is 1. The number of hydrogen-bond donors (Lipinski definition) is 2. The lowest BCUT2D eigenvalue weighted by molar-refractivity contribution is 0.543. The van der Waals surface area contributed by atoms with Crippen molar-refractivity contribution in [2.24, 2.45) is 5.14 Å². The molecule has 4 aromatic rings. The van der Waals surface area contributed by atoms with Crippen molar-refractivity contribution >= 4 is 38.3 Å². The normalized spacial score (nSPS) is 11.8. The van der Waals surface area contributed by atoms with E-state index in [1.165, 1.54) is 11.3 Å². The summed E-state index contributed by atoms with van der Waals surface area (Å²) in [6.45, 7) is 0.919. The van der Waals surface area contributed by atoms with E-state index < -0.39 is 16.1 Å². The summed E-state index contributed by atoms with van der Waals surface area (Å²) in [5.41, 5.74) is 1.91. The minimum absolute atomic E-state index is 0.101. The third-order valence-corrected chi connectivity index (χ3v) is 6.32. The average Bonchev–Trinajstić information content (AvgIpc) is 3.32. The molecule has 0 bridgehead atoms. The van der Waals surface area contributed by atoms with Crippen LogP contribution in [0.4, 0.5) is 10.2 Å². The van der Waals surface area contributed by atoms with Gasteiger partial charge in [0.05, 0.1) is 18.6 Å². The maximum absolute atomic E-state index is 14.1. The van der Waals surface area contributed by atoms with E-state index in [2.05, 4.69) is 20.3 Å². The summed E-state index contributed by atoms with van der Waals surface area (Å²) < 4.78 is 38.1. The Labute approximate surface area is 176 Å². The number of nitrogens with one attached hydrogen (secondary N) is 1. The van der Waals surface area contributed by atoms with Gasteiger partial charge in [0.25, 0.3) is 0 Å². The first kappa shape index (κ1) is 20.4. The number of nitrogens with zero attached hydrogens (tertiary/aromatic N) is 4. The lowest BCUT2D eigenvalue weighted by Crippen LogP contribution is -2.17. The Balaban J connectivity index is 1.53. The van der Waals surface area contributed by atoms with Crippen LogP contribution in [0.3, 0.4) is 0 Å². The summed E-state index contributed by atoms with van der Waals surface area (Å²) in [5, 5.41) is 8.18. The Morgan fingerprint density at radius 2 is 1.87 bits per heavy atom. The number of hydrogen-bond acceptors (Lipinski definition) is 7. The van der Waals surface area contributed by atoms with Crippen LogP contribution in [-0.4, -0.2) is 33.7 Å². The molecule has 0 aliphatic rings. The van der Waals surface area contributed by atoms with Gasteiger partial charge in [0, 0.05) is 16.3 Å². The maximum atomic E-state index is 14.1. The molecular weight excluding hydrogens is 427 g/mol. The van der Waals surface area contributed by atoms with E-state index in [9.17, 15) is 12.8 Å². The first-order chi connectivity index (χ1) is 14.4. The summed E-state index contributed by atoms with van der Waals surface area (Å²) in [4.78, 5) is 14.0. The highest BCUT2D eigenvalue weighted by Gasteiger charge is 2.14. The molecule has 0 saturated heterocycles. The Bertz CT molecular complexity index is 1270. The van der Waals surface area contributed by atoms with Gasteiger partial charge >= 0.3 is 6.08 Å². The molecule has 0 atom stereocenters. The predicted molar refractivity (Wildman–Crippen MR) is 114 cm³/mol. The van der Waals surface area contributed by atoms with E-state index in [1.807, 2.05) is 42.5 Å². The van der Waals surface area contributed by atoms with Gasteiger partial charge in [0.2, 0.25) is 10.0 Å². The zero-order chi connectivity index (χ0) is 21.1. The molecule has 0 radical (unpaired) electrons. The van der Waals surface area contributed by atoms with Crippen LogP contribution >= 0.6 is 11.3 Å². The number of aromatic nitrogens is 4. The molecule has 0 aliphatic heterocycles. The fraction of sp³-hybridized carbons (Fsp3) is 0.211. The average molecular weight is 447 g/mol. The first-order valence-corrected chi connectivity index (χ1v) is 11.6. The van der Waals surface area contributed by atoms with Crippen LogP contribution in [0.1, 0.15) is 15.3 Å². The summed E-state index contributed by atoms with van der Waals surface area (Å²) >= 11 is 1.47. The quantitative estimate of drug-likeness (QED) is 0.402. The SMILES string of the molecule is NS(=O)(=O)CCc1ccc(Cn2cnc3c(NCc4ccccc4)nc(F)nc32)s1. The standard InChI is InChI=1S/C19H19FN6O2S2/c20-19-24-17(22-10-13-4-2-1-3-5-13)16-18(25-19)26(12-23-16)11-15-7-6-14(29-15)8-9-30(21,27)28/h1-7,12H,8-11H2,(H2,21,27,28)(H,22,24,25). The summed E-state index contributed by atoms with van der Waals surface area (Å²) in [6.07, 6.45) is 1.12. The summed E-state index contributed by atoms with van der Waals surface area (Å²) in [5.74, 6) is 0.232. The van der Waals surface area contributed by atoms with Crippen molar-refractivity contribution in [2.45, 2.75) is 19.5 Å². The van der Waals surface area contributed by atoms with Gasteiger partial charge in [-0.15, -0.1) is 11.3 Å². The van der Waals surface area contributed by atoms with Gasteiger partial charge < -0.3 is 9.88 Å². The topological polar surface area (TPSA) is 116 Å². The Kier molecular flexibility index (Phi) is 5.75. The van der Waals surface area contributed by atoms with Crippen molar-refractivity contribution in [1.29, 1.82) is 0 Å². The second-order valence-electron chi connectivity index (χ2n) is 6.71. The number of fused-ring (bicyclic) bond motifs is 1. The lowest BCUT2D eigenvalue weighted by Gasteiger charge is -2.07. The second kappa shape index (κ2) is 8.46. The van der Waals surface area contributed by atoms with Crippen molar-refractivity contribution in [1.82, 2.24) is 19.5 Å². The van der Waals surface area contributed by atoms with Crippen LogP contribution in [-0.2, 0) is 29.5 Å². The lowest BCUT2D eigenvalue weighted by atomic mass is 10.2. The van der Waals surface area contributed by atoms with E-state index in [4.69, 9.17) is 5.14 Å². The molecule has 0 fully saturated rings. The Morgan fingerprint density at radius 1 is 1.10 bits per heavy atom. The molecule has 0 amide bonds. The Morgan fingerprint density at radius 3 is 2.63 bits per heavy atom. The van der Waals surface area contributed by atoms with E-state index in [1.54, 1.807) is 10.9 Å². The molecule has 3 heterocycles. The highest BCUT2D eigenvalue weighted by Crippen LogP contribution is 2.23. The van der Waals surface area contributed by atoms with Gasteiger partial charge in [-0.2, -0.15) is 14.4 Å². The highest BCUT2D eigenvalue weighted by atomic mass is 32.2. The number of anilines is 1. The molecule has 0 saturated carbocycles. The zero-order valence-electron chi connectivity index (χ0n) is 15.8. The van der Waals surface area contributed by atoms with E-state index in [0.717, 1.165) is 15.3 Å². The first-order valence-electron chi connectivity index (χ1n) is 9.11. The van der Waals surface area contributed by atoms with Crippen LogP contribution in [0.5, 0.6) is 0 Å². The van der Waals surface area contributed by atoms with Crippen LogP contribution in [0, 0.1) is 6.08 Å². The molecule has 30 heavy (non-hydrogen) atoms. The predicted octanol–water partition coefficient (Wildman–Crippen LogP) is 2.52. The van der Waals surface area contributed by atoms with Gasteiger partial charge in [-0.25, -0.2) is 18.5 Å². The van der Waals surface area contributed by atoms with Crippen molar-refractivity contribution in [3.63, 3.8) is 0 Å². The number of thiophene rings is 1. The third kappa shape index (κ3) is 4.99. The zero-order valence-corrected chi connectivity index (χ0v) is 17.5. The van der Waals surface area contributed by atoms with Crippen LogP contribution in [0.15, 0.2) is 48.8 Å². The van der Waals surface area contributed by atoms with Crippen molar-refractivity contribution in [3.8, 4) is 0 Å². The monoisotopic (exact) mass is 446 g/mol. The van der Waals surface area contributed by atoms with Crippen molar-refractivity contribution < 1.29 is 12.8 Å².